The van der Waals surface area contributed by atoms with E-state index in [2.05, 4.69) is 29.6 Å². The number of thiophene rings is 1. The van der Waals surface area contributed by atoms with E-state index in [4.69, 9.17) is 0 Å². The Morgan fingerprint density at radius 1 is 1.24 bits per heavy atom. The summed E-state index contributed by atoms with van der Waals surface area (Å²) in [6.07, 6.45) is 0. The fourth-order valence-electron chi connectivity index (χ4n) is 2.06. The zero-order valence-electron chi connectivity index (χ0n) is 12.8. The molecule has 1 unspecified atom stereocenters. The van der Waals surface area contributed by atoms with Gasteiger partial charge in [0, 0.05) is 29.9 Å². The number of nitrogens with one attached hydrogen (secondary N) is 1. The maximum atomic E-state index is 12.0. The number of nitrogens with zero attached hydrogens (tertiary/aromatic N) is 1. The van der Waals surface area contributed by atoms with Crippen LogP contribution < -0.4 is 5.32 Å². The van der Waals surface area contributed by atoms with Gasteiger partial charge in [0.15, 0.2) is 0 Å². The van der Waals surface area contributed by atoms with Crippen LogP contribution in [-0.4, -0.2) is 30.4 Å². The van der Waals surface area contributed by atoms with Gasteiger partial charge in [-0.25, -0.2) is 0 Å². The highest BCUT2D eigenvalue weighted by atomic mass is 32.1. The predicted molar refractivity (Wildman–Crippen MR) is 89.4 cm³/mol. The van der Waals surface area contributed by atoms with E-state index in [1.54, 1.807) is 16.2 Å². The van der Waals surface area contributed by atoms with Crippen molar-refractivity contribution in [1.82, 2.24) is 10.2 Å². The molecule has 21 heavy (non-hydrogen) atoms. The lowest BCUT2D eigenvalue weighted by Gasteiger charge is -2.20. The number of hydrogen-bond acceptors (Lipinski definition) is 3. The van der Waals surface area contributed by atoms with Crippen molar-refractivity contribution in [3.05, 3.63) is 47.3 Å². The maximum Gasteiger partial charge on any atom is 0.239 e. The summed E-state index contributed by atoms with van der Waals surface area (Å²) in [4.78, 5) is 16.2. The number of carbonyl (C=O) groups excluding carboxylic acids is 1. The van der Waals surface area contributed by atoms with Crippen molar-refractivity contribution in [2.45, 2.75) is 26.4 Å². The molecule has 0 aliphatic carbocycles. The first-order valence-corrected chi connectivity index (χ1v) is 8.06. The topological polar surface area (TPSA) is 32.3 Å². The van der Waals surface area contributed by atoms with E-state index in [-0.39, 0.29) is 11.9 Å². The molecule has 1 atom stereocenters. The van der Waals surface area contributed by atoms with Crippen molar-refractivity contribution < 1.29 is 4.79 Å². The van der Waals surface area contributed by atoms with Crippen LogP contribution in [0.2, 0.25) is 0 Å². The van der Waals surface area contributed by atoms with E-state index in [1.807, 2.05) is 39.1 Å². The predicted octanol–water partition coefficient (Wildman–Crippen LogP) is 3.37. The summed E-state index contributed by atoms with van der Waals surface area (Å²) in [5, 5.41) is 3.30. The molecule has 112 valence electrons. The van der Waals surface area contributed by atoms with Gasteiger partial charge in [-0.1, -0.05) is 30.3 Å². The van der Waals surface area contributed by atoms with Crippen molar-refractivity contribution in [1.29, 1.82) is 0 Å². The van der Waals surface area contributed by atoms with Gasteiger partial charge in [0.05, 0.1) is 6.04 Å². The molecule has 1 heterocycles. The average molecular weight is 302 g/mol. The van der Waals surface area contributed by atoms with Crippen LogP contribution in [0.4, 0.5) is 0 Å². The Kier molecular flexibility index (Phi) is 5.53. The van der Waals surface area contributed by atoms with Gasteiger partial charge in [-0.05, 0) is 31.5 Å². The van der Waals surface area contributed by atoms with Gasteiger partial charge >= 0.3 is 0 Å². The quantitative estimate of drug-likeness (QED) is 0.887. The van der Waals surface area contributed by atoms with E-state index >= 15 is 0 Å². The average Bonchev–Trinajstić information content (AvgIpc) is 3.01. The standard InChI is InChI=1S/C17H22N2OS/c1-4-19(3)17(20)13(2)18-12-15-10-11-16(21-15)14-8-6-5-7-9-14/h5-11,13,18H,4,12H2,1-3H3. The summed E-state index contributed by atoms with van der Waals surface area (Å²) in [7, 11) is 1.83. The van der Waals surface area contributed by atoms with E-state index in [9.17, 15) is 4.79 Å². The van der Waals surface area contributed by atoms with Gasteiger partial charge in [0.2, 0.25) is 5.91 Å². The monoisotopic (exact) mass is 302 g/mol. The Balaban J connectivity index is 1.93. The molecule has 2 aromatic rings. The lowest BCUT2D eigenvalue weighted by molar-refractivity contribution is -0.131. The summed E-state index contributed by atoms with van der Waals surface area (Å²) >= 11 is 1.77. The minimum absolute atomic E-state index is 0.136. The normalized spacial score (nSPS) is 12.1. The Labute approximate surface area is 130 Å². The van der Waals surface area contributed by atoms with Crippen molar-refractivity contribution in [2.24, 2.45) is 0 Å². The molecule has 1 aromatic heterocycles. The number of hydrogen-bond donors (Lipinski definition) is 1. The number of likely N-dealkylation sites (N-methyl/N-ethyl adjacent to an activating group) is 1. The van der Waals surface area contributed by atoms with Gasteiger partial charge in [-0.3, -0.25) is 4.79 Å². The highest BCUT2D eigenvalue weighted by Crippen LogP contribution is 2.27. The first-order valence-electron chi connectivity index (χ1n) is 7.24. The maximum absolute atomic E-state index is 12.0. The number of carbonyl (C=O) groups is 1. The largest absolute Gasteiger partial charge is 0.345 e. The second kappa shape index (κ2) is 7.38. The van der Waals surface area contributed by atoms with Crippen LogP contribution >= 0.6 is 11.3 Å². The molecule has 0 aliphatic heterocycles. The summed E-state index contributed by atoms with van der Waals surface area (Å²) < 4.78 is 0. The SMILES string of the molecule is CCN(C)C(=O)C(C)NCc1ccc(-c2ccccc2)s1. The molecule has 0 radical (unpaired) electrons. The minimum Gasteiger partial charge on any atom is -0.345 e. The molecular formula is C17H22N2OS. The van der Waals surface area contributed by atoms with Gasteiger partial charge in [0.25, 0.3) is 0 Å². The van der Waals surface area contributed by atoms with Crippen LogP contribution in [0, 0.1) is 0 Å². The zero-order chi connectivity index (χ0) is 15.2. The van der Waals surface area contributed by atoms with Crippen LogP contribution in [0.1, 0.15) is 18.7 Å². The fourth-order valence-corrected chi connectivity index (χ4v) is 3.02. The molecule has 0 fully saturated rings. The summed E-state index contributed by atoms with van der Waals surface area (Å²) in [5.41, 5.74) is 1.24. The van der Waals surface area contributed by atoms with E-state index in [0.717, 1.165) is 13.1 Å². The van der Waals surface area contributed by atoms with Crippen LogP contribution in [-0.2, 0) is 11.3 Å². The molecule has 1 aromatic carbocycles. The lowest BCUT2D eigenvalue weighted by Crippen LogP contribution is -2.42. The number of benzene rings is 1. The van der Waals surface area contributed by atoms with Crippen LogP contribution in [0.25, 0.3) is 10.4 Å². The second-order valence-corrected chi connectivity index (χ2v) is 6.26. The first kappa shape index (κ1) is 15.7. The van der Waals surface area contributed by atoms with Crippen molar-refractivity contribution in [3.8, 4) is 10.4 Å². The molecular weight excluding hydrogens is 280 g/mol. The van der Waals surface area contributed by atoms with E-state index < -0.39 is 0 Å². The lowest BCUT2D eigenvalue weighted by atomic mass is 10.2. The third-order valence-electron chi connectivity index (χ3n) is 3.52. The molecule has 0 saturated carbocycles. The fraction of sp³-hybridized carbons (Fsp3) is 0.353. The third-order valence-corrected chi connectivity index (χ3v) is 4.66. The van der Waals surface area contributed by atoms with E-state index in [0.29, 0.717) is 0 Å². The molecule has 4 heteroatoms. The van der Waals surface area contributed by atoms with Crippen LogP contribution in [0.3, 0.4) is 0 Å². The van der Waals surface area contributed by atoms with Crippen molar-refractivity contribution >= 4 is 17.2 Å². The Hall–Kier alpha value is -1.65. The zero-order valence-corrected chi connectivity index (χ0v) is 13.6. The molecule has 0 bridgehead atoms. The summed E-state index contributed by atoms with van der Waals surface area (Å²) in [5.74, 6) is 0.136. The molecule has 0 spiro atoms. The number of amides is 1. The molecule has 2 rings (SSSR count). The Morgan fingerprint density at radius 3 is 2.62 bits per heavy atom. The van der Waals surface area contributed by atoms with Crippen molar-refractivity contribution in [2.75, 3.05) is 13.6 Å². The Bertz CT molecular complexity index is 579. The molecule has 3 nitrogen and oxygen atoms in total. The smallest absolute Gasteiger partial charge is 0.239 e. The second-order valence-electron chi connectivity index (χ2n) is 5.09. The third kappa shape index (κ3) is 4.16. The highest BCUT2D eigenvalue weighted by Gasteiger charge is 2.15. The first-order chi connectivity index (χ1) is 10.1. The molecule has 0 saturated heterocycles. The van der Waals surface area contributed by atoms with Gasteiger partial charge < -0.3 is 10.2 Å². The highest BCUT2D eigenvalue weighted by molar-refractivity contribution is 7.15. The molecule has 0 aliphatic rings. The van der Waals surface area contributed by atoms with Gasteiger partial charge in [-0.15, -0.1) is 11.3 Å². The summed E-state index contributed by atoms with van der Waals surface area (Å²) in [6, 6.07) is 14.5. The van der Waals surface area contributed by atoms with Gasteiger partial charge in [-0.2, -0.15) is 0 Å². The van der Waals surface area contributed by atoms with Crippen molar-refractivity contribution in [3.63, 3.8) is 0 Å². The minimum atomic E-state index is -0.155. The molecule has 1 amide bonds. The van der Waals surface area contributed by atoms with Crippen LogP contribution in [0.15, 0.2) is 42.5 Å². The molecule has 1 N–H and O–H groups in total. The Morgan fingerprint density at radius 2 is 1.95 bits per heavy atom. The van der Waals surface area contributed by atoms with Gasteiger partial charge in [0.1, 0.15) is 0 Å². The van der Waals surface area contributed by atoms with E-state index in [1.165, 1.54) is 15.3 Å². The summed E-state index contributed by atoms with van der Waals surface area (Å²) in [6.45, 7) is 5.36. The van der Waals surface area contributed by atoms with Crippen LogP contribution in [0.5, 0.6) is 0 Å². The number of rotatable bonds is 6.